The zero-order valence-electron chi connectivity index (χ0n) is 22.6. The van der Waals surface area contributed by atoms with Gasteiger partial charge in [-0.05, 0) is 29.3 Å². The van der Waals surface area contributed by atoms with Gasteiger partial charge >= 0.3 is 23.9 Å². The van der Waals surface area contributed by atoms with E-state index in [-0.39, 0.29) is 18.1 Å². The Bertz CT molecular complexity index is 1260. The number of benzene rings is 2. The molecular weight excluding hydrogens is 528 g/mol. The monoisotopic (exact) mass is 558 g/mol. The van der Waals surface area contributed by atoms with Crippen molar-refractivity contribution in [2.45, 2.75) is 58.4 Å². The van der Waals surface area contributed by atoms with Crippen molar-refractivity contribution in [2.75, 3.05) is 13.7 Å². The third-order valence-corrected chi connectivity index (χ3v) is 5.71. The third kappa shape index (κ3) is 7.79. The maximum Gasteiger partial charge on any atom is 0.303 e. The first-order valence-electron chi connectivity index (χ1n) is 12.2. The van der Waals surface area contributed by atoms with Crippen LogP contribution in [0.1, 0.15) is 38.1 Å². The van der Waals surface area contributed by atoms with E-state index in [0.717, 1.165) is 38.2 Å². The van der Waals surface area contributed by atoms with Crippen molar-refractivity contribution < 1.29 is 57.1 Å². The van der Waals surface area contributed by atoms with Crippen molar-refractivity contribution in [1.29, 1.82) is 0 Å². The van der Waals surface area contributed by atoms with Crippen LogP contribution in [0.25, 0.3) is 11.1 Å². The topological polar surface area (TPSA) is 150 Å². The molecule has 5 atom stereocenters. The first-order chi connectivity index (χ1) is 19.0. The number of ether oxygens (including phenoxy) is 7. The number of hydrogen-bond acceptors (Lipinski definition) is 12. The molecule has 2 aromatic carbocycles. The van der Waals surface area contributed by atoms with Gasteiger partial charge in [-0.2, -0.15) is 0 Å². The minimum Gasteiger partial charge on any atom is -0.493 e. The highest BCUT2D eigenvalue weighted by Crippen LogP contribution is 2.37. The summed E-state index contributed by atoms with van der Waals surface area (Å²) in [6, 6.07) is 11.9. The molecule has 1 aliphatic heterocycles. The van der Waals surface area contributed by atoms with Crippen LogP contribution in [-0.4, -0.2) is 74.6 Å². The number of esters is 4. The lowest BCUT2D eigenvalue weighted by molar-refractivity contribution is -0.288. The molecule has 0 bridgehead atoms. The quantitative estimate of drug-likeness (QED) is 0.240. The first kappa shape index (κ1) is 30.1. The van der Waals surface area contributed by atoms with Gasteiger partial charge in [-0.3, -0.25) is 24.0 Å². The molecule has 0 spiro atoms. The fourth-order valence-electron chi connectivity index (χ4n) is 4.14. The minimum atomic E-state index is -1.42. The molecule has 2 aromatic rings. The fraction of sp³-hybridized carbons (Fsp3) is 0.393. The summed E-state index contributed by atoms with van der Waals surface area (Å²) in [6.45, 7) is 4.19. The summed E-state index contributed by atoms with van der Waals surface area (Å²) >= 11 is 0. The molecule has 12 nitrogen and oxygen atoms in total. The molecule has 0 aromatic heterocycles. The Morgan fingerprint density at radius 3 is 2.00 bits per heavy atom. The molecule has 1 aliphatic rings. The van der Waals surface area contributed by atoms with Gasteiger partial charge in [-0.1, -0.05) is 24.3 Å². The van der Waals surface area contributed by atoms with E-state index in [1.54, 1.807) is 36.4 Å². The van der Waals surface area contributed by atoms with Gasteiger partial charge in [0.15, 0.2) is 23.7 Å². The van der Waals surface area contributed by atoms with Gasteiger partial charge in [-0.15, -0.1) is 0 Å². The number of hydrogen-bond donors (Lipinski definition) is 0. The summed E-state index contributed by atoms with van der Waals surface area (Å²) < 4.78 is 38.9. The lowest BCUT2D eigenvalue weighted by atomic mass is 9.98. The standard InChI is InChI=1S/C28H30O12/c1-15(30)35-14-24-25(36-16(2)31)26(37-17(3)32)27(38-18(4)33)28(40-24)39-22-10-9-21(12-23(22)34-5)20-8-6-7-19(11-20)13-29/h6-13,24-28H,14H2,1-5H3/t24-,25+,26+,27-,28-/m1/s1. The maximum absolute atomic E-state index is 12.0. The molecule has 0 saturated carbocycles. The van der Waals surface area contributed by atoms with Crippen LogP contribution in [0.4, 0.5) is 0 Å². The minimum absolute atomic E-state index is 0.165. The molecule has 3 rings (SSSR count). The van der Waals surface area contributed by atoms with E-state index < -0.39 is 54.6 Å². The molecule has 12 heteroatoms. The summed E-state index contributed by atoms with van der Waals surface area (Å²) in [5.41, 5.74) is 1.96. The second-order valence-corrected chi connectivity index (χ2v) is 8.79. The SMILES string of the molecule is COc1cc(-c2cccc(C=O)c2)ccc1O[C@@H]1O[C@H](COC(C)=O)[C@H](OC(C)=O)[C@H](OC(C)=O)[C@H]1OC(C)=O. The Balaban J connectivity index is 2.02. The van der Waals surface area contributed by atoms with Gasteiger partial charge in [0.1, 0.15) is 19.0 Å². The van der Waals surface area contributed by atoms with Crippen molar-refractivity contribution in [3.05, 3.63) is 48.0 Å². The van der Waals surface area contributed by atoms with Crippen LogP contribution in [-0.2, 0) is 42.9 Å². The number of carbonyl (C=O) groups is 5. The average Bonchev–Trinajstić information content (AvgIpc) is 2.90. The fourth-order valence-corrected chi connectivity index (χ4v) is 4.14. The van der Waals surface area contributed by atoms with Crippen LogP contribution in [0.5, 0.6) is 11.5 Å². The van der Waals surface area contributed by atoms with Crippen LogP contribution in [0, 0.1) is 0 Å². The largest absolute Gasteiger partial charge is 0.493 e. The molecule has 0 radical (unpaired) electrons. The van der Waals surface area contributed by atoms with Crippen LogP contribution >= 0.6 is 0 Å². The third-order valence-electron chi connectivity index (χ3n) is 5.71. The second kappa shape index (κ2) is 13.6. The molecule has 0 N–H and O–H groups in total. The first-order valence-corrected chi connectivity index (χ1v) is 12.2. The normalized spacial score (nSPS) is 21.9. The maximum atomic E-state index is 12.0. The van der Waals surface area contributed by atoms with Gasteiger partial charge < -0.3 is 33.2 Å². The van der Waals surface area contributed by atoms with Gasteiger partial charge in [-0.25, -0.2) is 0 Å². The molecule has 1 fully saturated rings. The van der Waals surface area contributed by atoms with Gasteiger partial charge in [0.05, 0.1) is 7.11 Å². The van der Waals surface area contributed by atoms with E-state index in [0.29, 0.717) is 5.56 Å². The molecule has 214 valence electrons. The lowest BCUT2D eigenvalue weighted by Crippen LogP contribution is -2.63. The number of carbonyl (C=O) groups excluding carboxylic acids is 5. The van der Waals surface area contributed by atoms with Crippen LogP contribution in [0.15, 0.2) is 42.5 Å². The van der Waals surface area contributed by atoms with Gasteiger partial charge in [0.2, 0.25) is 12.4 Å². The zero-order chi connectivity index (χ0) is 29.4. The Kier molecular flexibility index (Phi) is 10.2. The van der Waals surface area contributed by atoms with Crippen molar-refractivity contribution >= 4 is 30.2 Å². The highest BCUT2D eigenvalue weighted by Gasteiger charge is 2.53. The van der Waals surface area contributed by atoms with Crippen LogP contribution in [0.2, 0.25) is 0 Å². The Labute approximate surface area is 230 Å². The summed E-state index contributed by atoms with van der Waals surface area (Å²) in [5.74, 6) is -2.46. The predicted octanol–water partition coefficient (Wildman–Crippen LogP) is 2.64. The van der Waals surface area contributed by atoms with Crippen molar-refractivity contribution in [3.8, 4) is 22.6 Å². The predicted molar refractivity (Wildman–Crippen MR) is 136 cm³/mol. The number of rotatable bonds is 10. The van der Waals surface area contributed by atoms with Crippen molar-refractivity contribution in [2.24, 2.45) is 0 Å². The van der Waals surface area contributed by atoms with Gasteiger partial charge in [0.25, 0.3) is 0 Å². The van der Waals surface area contributed by atoms with Crippen molar-refractivity contribution in [1.82, 2.24) is 0 Å². The van der Waals surface area contributed by atoms with E-state index in [4.69, 9.17) is 33.2 Å². The van der Waals surface area contributed by atoms with E-state index in [9.17, 15) is 24.0 Å². The number of methoxy groups -OCH3 is 1. The Hall–Kier alpha value is -4.45. The van der Waals surface area contributed by atoms with E-state index in [1.165, 1.54) is 14.0 Å². The Morgan fingerprint density at radius 1 is 0.775 bits per heavy atom. The number of aldehydes is 1. The summed E-state index contributed by atoms with van der Waals surface area (Å²) in [5, 5.41) is 0. The van der Waals surface area contributed by atoms with E-state index in [2.05, 4.69) is 0 Å². The molecule has 1 saturated heterocycles. The smallest absolute Gasteiger partial charge is 0.303 e. The summed E-state index contributed by atoms with van der Waals surface area (Å²) in [6.07, 6.45) is -5.92. The van der Waals surface area contributed by atoms with Crippen LogP contribution in [0.3, 0.4) is 0 Å². The van der Waals surface area contributed by atoms with Gasteiger partial charge in [0, 0.05) is 33.3 Å². The average molecular weight is 559 g/mol. The lowest BCUT2D eigenvalue weighted by Gasteiger charge is -2.44. The Morgan fingerprint density at radius 2 is 1.40 bits per heavy atom. The molecule has 1 heterocycles. The highest BCUT2D eigenvalue weighted by molar-refractivity contribution is 5.79. The molecular formula is C28H30O12. The molecule has 40 heavy (non-hydrogen) atoms. The highest BCUT2D eigenvalue weighted by atomic mass is 16.7. The van der Waals surface area contributed by atoms with E-state index >= 15 is 0 Å². The molecule has 0 aliphatic carbocycles. The van der Waals surface area contributed by atoms with E-state index in [1.807, 2.05) is 6.07 Å². The second-order valence-electron chi connectivity index (χ2n) is 8.79. The summed E-state index contributed by atoms with van der Waals surface area (Å²) in [4.78, 5) is 58.7. The zero-order valence-corrected chi connectivity index (χ0v) is 22.6. The summed E-state index contributed by atoms with van der Waals surface area (Å²) in [7, 11) is 1.42. The molecule has 0 unspecified atom stereocenters. The molecule has 0 amide bonds. The van der Waals surface area contributed by atoms with Crippen LogP contribution < -0.4 is 9.47 Å². The van der Waals surface area contributed by atoms with Crippen molar-refractivity contribution in [3.63, 3.8) is 0 Å².